The van der Waals surface area contributed by atoms with Gasteiger partial charge in [0, 0.05) is 5.92 Å². The van der Waals surface area contributed by atoms with Crippen LogP contribution >= 0.6 is 23.2 Å². The van der Waals surface area contributed by atoms with Gasteiger partial charge in [-0.25, -0.2) is 0 Å². The highest BCUT2D eigenvalue weighted by atomic mass is 35.5. The summed E-state index contributed by atoms with van der Waals surface area (Å²) in [5.41, 5.74) is -0.666. The van der Waals surface area contributed by atoms with Crippen LogP contribution in [0.1, 0.15) is 13.3 Å². The molecular formula is C6H6Cl2O2. The van der Waals surface area contributed by atoms with Gasteiger partial charge < -0.3 is 0 Å². The molecule has 0 aromatic rings. The van der Waals surface area contributed by atoms with Crippen LogP contribution in [0.25, 0.3) is 0 Å². The third kappa shape index (κ3) is 1.06. The molecule has 1 fully saturated rings. The first-order valence-electron chi connectivity index (χ1n) is 2.88. The SMILES string of the molecule is C[C@@]1(C(=O)Cl)C[C@@H]1C(=O)Cl. The van der Waals surface area contributed by atoms with E-state index in [1.54, 1.807) is 6.92 Å². The Morgan fingerprint density at radius 3 is 2.10 bits per heavy atom. The van der Waals surface area contributed by atoms with Gasteiger partial charge in [0.1, 0.15) is 0 Å². The minimum absolute atomic E-state index is 0.348. The van der Waals surface area contributed by atoms with Gasteiger partial charge in [-0.3, -0.25) is 9.59 Å². The number of hydrogen-bond donors (Lipinski definition) is 0. The molecule has 0 aromatic carbocycles. The molecule has 1 aliphatic carbocycles. The first-order chi connectivity index (χ1) is 4.48. The smallest absolute Gasteiger partial charge is 0.228 e. The summed E-state index contributed by atoms with van der Waals surface area (Å²) < 4.78 is 0. The Bertz CT molecular complexity index is 202. The Morgan fingerprint density at radius 1 is 1.50 bits per heavy atom. The maximum Gasteiger partial charge on any atom is 0.228 e. The van der Waals surface area contributed by atoms with E-state index in [1.165, 1.54) is 0 Å². The minimum atomic E-state index is -0.666. The van der Waals surface area contributed by atoms with Crippen molar-refractivity contribution in [3.05, 3.63) is 0 Å². The van der Waals surface area contributed by atoms with E-state index >= 15 is 0 Å². The molecule has 56 valence electrons. The number of halogens is 2. The monoisotopic (exact) mass is 180 g/mol. The first kappa shape index (κ1) is 8.02. The second kappa shape index (κ2) is 2.21. The van der Waals surface area contributed by atoms with Crippen LogP contribution in [0.15, 0.2) is 0 Å². The van der Waals surface area contributed by atoms with E-state index in [4.69, 9.17) is 23.2 Å². The van der Waals surface area contributed by atoms with Crippen LogP contribution in [0.5, 0.6) is 0 Å². The molecule has 0 unspecified atom stereocenters. The van der Waals surface area contributed by atoms with Crippen molar-refractivity contribution in [2.45, 2.75) is 13.3 Å². The fourth-order valence-electron chi connectivity index (χ4n) is 0.913. The Balaban J connectivity index is 2.65. The maximum absolute atomic E-state index is 10.6. The van der Waals surface area contributed by atoms with Crippen molar-refractivity contribution in [3.63, 3.8) is 0 Å². The highest BCUT2D eigenvalue weighted by Crippen LogP contribution is 2.54. The van der Waals surface area contributed by atoms with Crippen molar-refractivity contribution in [1.82, 2.24) is 0 Å². The zero-order valence-electron chi connectivity index (χ0n) is 5.36. The Hall–Kier alpha value is -0.0800. The second-order valence-corrected chi connectivity index (χ2v) is 3.47. The number of carbonyl (C=O) groups is 2. The van der Waals surface area contributed by atoms with Crippen LogP contribution in [-0.4, -0.2) is 10.5 Å². The van der Waals surface area contributed by atoms with E-state index in [-0.39, 0.29) is 5.92 Å². The second-order valence-electron chi connectivity index (χ2n) is 2.75. The topological polar surface area (TPSA) is 34.1 Å². The molecule has 0 aromatic heterocycles. The lowest BCUT2D eigenvalue weighted by Crippen LogP contribution is -2.10. The molecule has 0 heterocycles. The van der Waals surface area contributed by atoms with Crippen molar-refractivity contribution < 1.29 is 9.59 Å². The quantitative estimate of drug-likeness (QED) is 0.605. The third-order valence-electron chi connectivity index (χ3n) is 1.96. The molecule has 1 rings (SSSR count). The highest BCUT2D eigenvalue weighted by molar-refractivity contribution is 6.68. The van der Waals surface area contributed by atoms with E-state index in [1.807, 2.05) is 0 Å². The molecule has 10 heavy (non-hydrogen) atoms. The predicted octanol–water partition coefficient (Wildman–Crippen LogP) is 1.54. The summed E-state index contributed by atoms with van der Waals surface area (Å²) in [7, 11) is 0. The lowest BCUT2D eigenvalue weighted by atomic mass is 10.1. The Kier molecular flexibility index (Phi) is 1.77. The van der Waals surface area contributed by atoms with Gasteiger partial charge in [0.2, 0.25) is 10.5 Å². The van der Waals surface area contributed by atoms with Gasteiger partial charge >= 0.3 is 0 Å². The van der Waals surface area contributed by atoms with Gasteiger partial charge in [-0.1, -0.05) is 6.92 Å². The molecule has 0 bridgehead atoms. The largest absolute Gasteiger partial charge is 0.281 e. The van der Waals surface area contributed by atoms with Gasteiger partial charge in [0.05, 0.1) is 5.41 Å². The van der Waals surface area contributed by atoms with E-state index in [0.717, 1.165) is 0 Å². The number of carbonyl (C=O) groups excluding carboxylic acids is 2. The molecule has 0 aliphatic heterocycles. The fourth-order valence-corrected chi connectivity index (χ4v) is 1.44. The van der Waals surface area contributed by atoms with Crippen molar-refractivity contribution in [2.75, 3.05) is 0 Å². The van der Waals surface area contributed by atoms with E-state index in [9.17, 15) is 9.59 Å². The lowest BCUT2D eigenvalue weighted by molar-refractivity contribution is -0.119. The number of rotatable bonds is 2. The summed E-state index contributed by atoms with van der Waals surface area (Å²) in [5, 5.41) is -0.928. The van der Waals surface area contributed by atoms with Crippen LogP contribution in [0, 0.1) is 11.3 Å². The summed E-state index contributed by atoms with van der Waals surface area (Å²) in [6.07, 6.45) is 0.498. The van der Waals surface area contributed by atoms with E-state index < -0.39 is 15.9 Å². The Morgan fingerprint density at radius 2 is 2.00 bits per heavy atom. The molecule has 1 aliphatic rings. The lowest BCUT2D eigenvalue weighted by Gasteiger charge is -1.98. The fraction of sp³-hybridized carbons (Fsp3) is 0.667. The summed E-state index contributed by atoms with van der Waals surface area (Å²) in [6, 6.07) is 0. The summed E-state index contributed by atoms with van der Waals surface area (Å²) in [6.45, 7) is 1.65. The molecule has 4 heteroatoms. The normalized spacial score (nSPS) is 37.3. The first-order valence-corrected chi connectivity index (χ1v) is 3.63. The van der Waals surface area contributed by atoms with Crippen molar-refractivity contribution >= 4 is 33.7 Å². The van der Waals surface area contributed by atoms with Crippen LogP contribution < -0.4 is 0 Å². The average molecular weight is 181 g/mol. The average Bonchev–Trinajstić information content (AvgIpc) is 2.43. The van der Waals surface area contributed by atoms with E-state index in [0.29, 0.717) is 6.42 Å². The minimum Gasteiger partial charge on any atom is -0.281 e. The number of hydrogen-bond acceptors (Lipinski definition) is 2. The third-order valence-corrected chi connectivity index (χ3v) is 2.66. The molecule has 2 nitrogen and oxygen atoms in total. The predicted molar refractivity (Wildman–Crippen MR) is 37.9 cm³/mol. The molecule has 0 radical (unpaired) electrons. The van der Waals surface area contributed by atoms with Gasteiger partial charge in [-0.2, -0.15) is 0 Å². The van der Waals surface area contributed by atoms with Crippen LogP contribution in [0.2, 0.25) is 0 Å². The van der Waals surface area contributed by atoms with Crippen LogP contribution in [-0.2, 0) is 9.59 Å². The zero-order chi connectivity index (χ0) is 7.94. The van der Waals surface area contributed by atoms with Crippen molar-refractivity contribution in [3.8, 4) is 0 Å². The molecule has 0 spiro atoms. The summed E-state index contributed by atoms with van der Waals surface area (Å²) in [4.78, 5) is 21.1. The molecule has 0 N–H and O–H groups in total. The van der Waals surface area contributed by atoms with Crippen molar-refractivity contribution in [1.29, 1.82) is 0 Å². The molecule has 1 saturated carbocycles. The zero-order valence-corrected chi connectivity index (χ0v) is 6.87. The van der Waals surface area contributed by atoms with Crippen LogP contribution in [0.4, 0.5) is 0 Å². The highest BCUT2D eigenvalue weighted by Gasteiger charge is 2.58. The molecule has 0 saturated heterocycles. The summed E-state index contributed by atoms with van der Waals surface area (Å²) in [5.74, 6) is -0.348. The van der Waals surface area contributed by atoms with Gasteiger partial charge in [-0.05, 0) is 29.6 Å². The van der Waals surface area contributed by atoms with Gasteiger partial charge in [-0.15, -0.1) is 0 Å². The van der Waals surface area contributed by atoms with Crippen molar-refractivity contribution in [2.24, 2.45) is 11.3 Å². The molecule has 0 amide bonds. The molecular weight excluding hydrogens is 175 g/mol. The summed E-state index contributed by atoms with van der Waals surface area (Å²) >= 11 is 10.4. The van der Waals surface area contributed by atoms with E-state index in [2.05, 4.69) is 0 Å². The molecule has 2 atom stereocenters. The van der Waals surface area contributed by atoms with Crippen LogP contribution in [0.3, 0.4) is 0 Å². The van der Waals surface area contributed by atoms with Gasteiger partial charge in [0.25, 0.3) is 0 Å². The Labute approximate surface area is 68.5 Å². The van der Waals surface area contributed by atoms with Gasteiger partial charge in [0.15, 0.2) is 0 Å². The standard InChI is InChI=1S/C6H6Cl2O2/c1-6(5(8)10)2-3(6)4(7)9/h3H,2H2,1H3/t3-,6-/m1/s1. The maximum atomic E-state index is 10.6.